The van der Waals surface area contributed by atoms with Crippen LogP contribution >= 0.6 is 0 Å². The molecule has 0 bridgehead atoms. The Hall–Kier alpha value is -4.55. The highest BCUT2D eigenvalue weighted by Crippen LogP contribution is 2.39. The SMILES string of the molecule is NC(=O)C(=Cn1nc(-c2ccccc2C(F)(F)F)nc1-c1ccccc1C(F)(F)F)c1ccncc1F. The lowest BCUT2D eigenvalue weighted by atomic mass is 10.1. The Morgan fingerprint density at radius 2 is 1.43 bits per heavy atom. The molecule has 2 aromatic heterocycles. The molecule has 190 valence electrons. The molecule has 0 saturated heterocycles. The zero-order valence-corrected chi connectivity index (χ0v) is 18.3. The molecule has 2 aromatic carbocycles. The summed E-state index contributed by atoms with van der Waals surface area (Å²) in [5.41, 5.74) is 1.12. The van der Waals surface area contributed by atoms with E-state index in [9.17, 15) is 35.5 Å². The van der Waals surface area contributed by atoms with Gasteiger partial charge in [-0.3, -0.25) is 9.78 Å². The number of hydrogen-bond donors (Lipinski definition) is 1. The van der Waals surface area contributed by atoms with Crippen molar-refractivity contribution < 1.29 is 35.5 Å². The first-order valence-corrected chi connectivity index (χ1v) is 10.3. The first kappa shape index (κ1) is 25.5. The van der Waals surface area contributed by atoms with Crippen molar-refractivity contribution >= 4 is 17.7 Å². The number of halogens is 7. The fourth-order valence-corrected chi connectivity index (χ4v) is 3.54. The van der Waals surface area contributed by atoms with Gasteiger partial charge < -0.3 is 5.73 Å². The van der Waals surface area contributed by atoms with E-state index in [0.29, 0.717) is 4.68 Å². The van der Waals surface area contributed by atoms with Crippen LogP contribution in [0.1, 0.15) is 16.7 Å². The summed E-state index contributed by atoms with van der Waals surface area (Å²) < 4.78 is 97.3. The number of rotatable bonds is 5. The normalized spacial score (nSPS) is 12.6. The summed E-state index contributed by atoms with van der Waals surface area (Å²) in [5, 5.41) is 3.95. The van der Waals surface area contributed by atoms with Crippen LogP contribution in [0.25, 0.3) is 34.5 Å². The number of amides is 1. The fraction of sp³-hybridized carbons (Fsp3) is 0.0833. The number of hydrogen-bond acceptors (Lipinski definition) is 4. The van der Waals surface area contributed by atoms with Crippen LogP contribution < -0.4 is 5.73 Å². The summed E-state index contributed by atoms with van der Waals surface area (Å²) in [7, 11) is 0. The summed E-state index contributed by atoms with van der Waals surface area (Å²) in [6.07, 6.45) is -6.99. The zero-order chi connectivity index (χ0) is 27.0. The van der Waals surface area contributed by atoms with Gasteiger partial charge in [0.25, 0.3) is 5.91 Å². The van der Waals surface area contributed by atoms with Crippen LogP contribution in [0.2, 0.25) is 0 Å². The number of alkyl halides is 6. The van der Waals surface area contributed by atoms with Gasteiger partial charge >= 0.3 is 12.4 Å². The maximum Gasteiger partial charge on any atom is 0.417 e. The Balaban J connectivity index is 2.04. The van der Waals surface area contributed by atoms with E-state index < -0.39 is 63.6 Å². The van der Waals surface area contributed by atoms with Crippen LogP contribution in [0, 0.1) is 5.82 Å². The van der Waals surface area contributed by atoms with E-state index in [1.165, 1.54) is 12.1 Å². The average molecular weight is 521 g/mol. The van der Waals surface area contributed by atoms with Gasteiger partial charge in [-0.15, -0.1) is 5.10 Å². The zero-order valence-electron chi connectivity index (χ0n) is 18.3. The Morgan fingerprint density at radius 3 is 2.00 bits per heavy atom. The number of pyridine rings is 1. The van der Waals surface area contributed by atoms with Crippen LogP contribution in [0.15, 0.2) is 67.0 Å². The molecule has 0 unspecified atom stereocenters. The van der Waals surface area contributed by atoms with Gasteiger partial charge in [-0.25, -0.2) is 14.1 Å². The Morgan fingerprint density at radius 1 is 0.865 bits per heavy atom. The third-order valence-corrected chi connectivity index (χ3v) is 5.16. The van der Waals surface area contributed by atoms with Crippen LogP contribution in [0.5, 0.6) is 0 Å². The lowest BCUT2D eigenvalue weighted by molar-refractivity contribution is -0.137. The molecule has 1 amide bonds. The molecule has 0 fully saturated rings. The van der Waals surface area contributed by atoms with Gasteiger partial charge in [0.05, 0.1) is 22.9 Å². The molecule has 0 radical (unpaired) electrons. The minimum absolute atomic E-state index is 0.356. The topological polar surface area (TPSA) is 86.7 Å². The number of primary amides is 1. The Bertz CT molecular complexity index is 1510. The highest BCUT2D eigenvalue weighted by Gasteiger charge is 2.37. The van der Waals surface area contributed by atoms with Crippen molar-refractivity contribution in [2.75, 3.05) is 0 Å². The van der Waals surface area contributed by atoms with E-state index in [4.69, 9.17) is 5.73 Å². The first-order chi connectivity index (χ1) is 17.4. The van der Waals surface area contributed by atoms with E-state index in [0.717, 1.165) is 61.1 Å². The maximum absolute atomic E-state index is 14.4. The fourth-order valence-electron chi connectivity index (χ4n) is 3.54. The van der Waals surface area contributed by atoms with Crippen molar-refractivity contribution in [3.05, 3.63) is 89.5 Å². The number of nitrogens with two attached hydrogens (primary N) is 1. The molecule has 0 aliphatic carbocycles. The number of carbonyl (C=O) groups excluding carboxylic acids is 1. The second kappa shape index (κ2) is 9.48. The molecule has 13 heteroatoms. The summed E-state index contributed by atoms with van der Waals surface area (Å²) in [5.74, 6) is -3.32. The van der Waals surface area contributed by atoms with Crippen LogP contribution in [-0.2, 0) is 17.1 Å². The third-order valence-electron chi connectivity index (χ3n) is 5.16. The molecule has 0 saturated carbocycles. The smallest absolute Gasteiger partial charge is 0.366 e. The van der Waals surface area contributed by atoms with Gasteiger partial charge in [0.2, 0.25) is 0 Å². The molecular weight excluding hydrogens is 507 g/mol. The average Bonchev–Trinajstić information content (AvgIpc) is 3.25. The standard InChI is InChI=1S/C24H14F7N5O/c25-19-11-33-10-9-13(19)16(20(32)37)12-36-22(15-6-2-4-8-18(15)24(29,30)31)34-21(35-36)14-5-1-3-7-17(14)23(26,27)28/h1-12H,(H2,32,37). The Kier molecular flexibility index (Phi) is 6.55. The van der Waals surface area contributed by atoms with Crippen LogP contribution in [0.4, 0.5) is 30.7 Å². The molecule has 4 rings (SSSR count). The molecular formula is C24H14F7N5O. The number of nitrogens with zero attached hydrogens (tertiary/aromatic N) is 4. The van der Waals surface area contributed by atoms with E-state index in [-0.39, 0.29) is 5.56 Å². The van der Waals surface area contributed by atoms with Gasteiger partial charge in [-0.1, -0.05) is 36.4 Å². The lowest BCUT2D eigenvalue weighted by Crippen LogP contribution is -2.15. The lowest BCUT2D eigenvalue weighted by Gasteiger charge is -2.12. The first-order valence-electron chi connectivity index (χ1n) is 10.3. The van der Waals surface area contributed by atoms with Crippen molar-refractivity contribution in [1.29, 1.82) is 0 Å². The number of aromatic nitrogens is 4. The van der Waals surface area contributed by atoms with Crippen molar-refractivity contribution in [3.8, 4) is 22.8 Å². The highest BCUT2D eigenvalue weighted by atomic mass is 19.4. The third kappa shape index (κ3) is 5.20. The largest absolute Gasteiger partial charge is 0.417 e. The van der Waals surface area contributed by atoms with Crippen LogP contribution in [0.3, 0.4) is 0 Å². The van der Waals surface area contributed by atoms with Crippen molar-refractivity contribution in [1.82, 2.24) is 19.7 Å². The second-order valence-electron chi connectivity index (χ2n) is 7.55. The van der Waals surface area contributed by atoms with Crippen LogP contribution in [-0.4, -0.2) is 25.7 Å². The number of carbonyl (C=O) groups is 1. The molecule has 6 nitrogen and oxygen atoms in total. The second-order valence-corrected chi connectivity index (χ2v) is 7.55. The van der Waals surface area contributed by atoms with Gasteiger partial charge in [0.1, 0.15) is 5.82 Å². The summed E-state index contributed by atoms with van der Waals surface area (Å²) in [6.45, 7) is 0. The minimum atomic E-state index is -4.87. The van der Waals surface area contributed by atoms with Gasteiger partial charge in [-0.2, -0.15) is 26.3 Å². The van der Waals surface area contributed by atoms with E-state index in [2.05, 4.69) is 15.1 Å². The molecule has 2 N–H and O–H groups in total. The Labute approximate surface area is 203 Å². The quantitative estimate of drug-likeness (QED) is 0.271. The molecule has 37 heavy (non-hydrogen) atoms. The molecule has 0 aliphatic heterocycles. The molecule has 0 atom stereocenters. The molecule has 2 heterocycles. The van der Waals surface area contributed by atoms with E-state index >= 15 is 0 Å². The van der Waals surface area contributed by atoms with Crippen molar-refractivity contribution in [3.63, 3.8) is 0 Å². The summed E-state index contributed by atoms with van der Waals surface area (Å²) >= 11 is 0. The summed E-state index contributed by atoms with van der Waals surface area (Å²) in [4.78, 5) is 19.7. The van der Waals surface area contributed by atoms with Gasteiger partial charge in [0.15, 0.2) is 11.6 Å². The van der Waals surface area contributed by atoms with Gasteiger partial charge in [-0.05, 0) is 18.2 Å². The van der Waals surface area contributed by atoms with Gasteiger partial charge in [0, 0.05) is 29.1 Å². The van der Waals surface area contributed by atoms with E-state index in [1.54, 1.807) is 0 Å². The predicted octanol–water partition coefficient (Wildman–Crippen LogP) is 5.67. The molecule has 0 aliphatic rings. The van der Waals surface area contributed by atoms with Crippen molar-refractivity contribution in [2.45, 2.75) is 12.4 Å². The number of benzene rings is 2. The monoisotopic (exact) mass is 521 g/mol. The van der Waals surface area contributed by atoms with Crippen molar-refractivity contribution in [2.24, 2.45) is 5.73 Å². The molecule has 4 aromatic rings. The van der Waals surface area contributed by atoms with E-state index in [1.807, 2.05) is 0 Å². The predicted molar refractivity (Wildman–Crippen MR) is 118 cm³/mol. The highest BCUT2D eigenvalue weighted by molar-refractivity contribution is 6.22. The molecule has 0 spiro atoms. The maximum atomic E-state index is 14.4. The summed E-state index contributed by atoms with van der Waals surface area (Å²) in [6, 6.07) is 9.45. The minimum Gasteiger partial charge on any atom is -0.366 e.